The average molecular weight is 276 g/mol. The van der Waals surface area contributed by atoms with Crippen LogP contribution in [0.3, 0.4) is 0 Å². The molecular formula is C15H14ClNO2. The number of carbonyl (C=O) groups excluding carboxylic acids is 1. The second kappa shape index (κ2) is 6.25. The monoisotopic (exact) mass is 275 g/mol. The van der Waals surface area contributed by atoms with Crippen molar-refractivity contribution < 1.29 is 9.53 Å². The van der Waals surface area contributed by atoms with Crippen LogP contribution in [0.15, 0.2) is 54.6 Å². The maximum atomic E-state index is 12.0. The molecule has 0 unspecified atom stereocenters. The molecule has 0 aromatic heterocycles. The number of halogens is 1. The number of hydrogen-bond acceptors (Lipinski definition) is 2. The van der Waals surface area contributed by atoms with Crippen LogP contribution in [0.4, 0.5) is 5.69 Å². The molecule has 1 atom stereocenters. The van der Waals surface area contributed by atoms with Crippen molar-refractivity contribution in [2.75, 3.05) is 12.4 Å². The van der Waals surface area contributed by atoms with Gasteiger partial charge in [0.05, 0.1) is 7.11 Å². The van der Waals surface area contributed by atoms with Crippen molar-refractivity contribution in [2.45, 2.75) is 5.38 Å². The smallest absolute Gasteiger partial charge is 0.246 e. The lowest BCUT2D eigenvalue weighted by atomic mass is 10.1. The van der Waals surface area contributed by atoms with E-state index >= 15 is 0 Å². The van der Waals surface area contributed by atoms with E-state index in [9.17, 15) is 4.79 Å². The van der Waals surface area contributed by atoms with Gasteiger partial charge in [0, 0.05) is 11.8 Å². The Hall–Kier alpha value is -2.00. The van der Waals surface area contributed by atoms with E-state index in [4.69, 9.17) is 16.3 Å². The van der Waals surface area contributed by atoms with Gasteiger partial charge in [-0.1, -0.05) is 36.4 Å². The van der Waals surface area contributed by atoms with Gasteiger partial charge in [0.15, 0.2) is 0 Å². The van der Waals surface area contributed by atoms with E-state index in [-0.39, 0.29) is 5.91 Å². The Bertz CT molecular complexity index is 557. The summed E-state index contributed by atoms with van der Waals surface area (Å²) in [6.07, 6.45) is 0. The van der Waals surface area contributed by atoms with E-state index in [2.05, 4.69) is 5.32 Å². The summed E-state index contributed by atoms with van der Waals surface area (Å²) in [5, 5.41) is 2.05. The lowest BCUT2D eigenvalue weighted by Crippen LogP contribution is -2.17. The third kappa shape index (κ3) is 3.48. The van der Waals surface area contributed by atoms with Crippen LogP contribution >= 0.6 is 11.6 Å². The van der Waals surface area contributed by atoms with E-state index in [1.165, 1.54) is 0 Å². The van der Waals surface area contributed by atoms with Gasteiger partial charge >= 0.3 is 0 Å². The predicted octanol–water partition coefficient (Wildman–Crippen LogP) is 3.61. The van der Waals surface area contributed by atoms with Crippen LogP contribution in [0, 0.1) is 0 Å². The summed E-state index contributed by atoms with van der Waals surface area (Å²) >= 11 is 6.14. The third-order valence-electron chi connectivity index (χ3n) is 2.66. The molecule has 19 heavy (non-hydrogen) atoms. The fraction of sp³-hybridized carbons (Fsp3) is 0.133. The summed E-state index contributed by atoms with van der Waals surface area (Å²) in [6, 6.07) is 16.4. The van der Waals surface area contributed by atoms with Crippen molar-refractivity contribution >= 4 is 23.2 Å². The molecule has 0 aliphatic heterocycles. The molecule has 0 heterocycles. The number of anilines is 1. The second-order valence-corrected chi connectivity index (χ2v) is 4.43. The first-order chi connectivity index (χ1) is 9.20. The molecule has 0 spiro atoms. The predicted molar refractivity (Wildman–Crippen MR) is 76.7 cm³/mol. The van der Waals surface area contributed by atoms with E-state index in [0.29, 0.717) is 11.4 Å². The number of carbonyl (C=O) groups is 1. The van der Waals surface area contributed by atoms with Gasteiger partial charge in [-0.15, -0.1) is 11.6 Å². The minimum Gasteiger partial charge on any atom is -0.497 e. The first kappa shape index (κ1) is 13.4. The van der Waals surface area contributed by atoms with E-state index < -0.39 is 5.38 Å². The fourth-order valence-electron chi connectivity index (χ4n) is 1.68. The van der Waals surface area contributed by atoms with E-state index in [1.54, 1.807) is 25.3 Å². The zero-order valence-corrected chi connectivity index (χ0v) is 11.2. The Kier molecular flexibility index (Phi) is 4.42. The molecule has 0 saturated heterocycles. The summed E-state index contributed by atoms with van der Waals surface area (Å²) in [6.45, 7) is 0. The molecule has 4 heteroatoms. The maximum Gasteiger partial charge on any atom is 0.246 e. The summed E-state index contributed by atoms with van der Waals surface area (Å²) in [5.41, 5.74) is 1.43. The Labute approximate surface area is 117 Å². The molecule has 2 aromatic carbocycles. The van der Waals surface area contributed by atoms with Crippen molar-refractivity contribution in [3.05, 3.63) is 60.2 Å². The molecule has 0 aliphatic rings. The van der Waals surface area contributed by atoms with Crippen LogP contribution in [0.5, 0.6) is 5.75 Å². The fourth-order valence-corrected chi connectivity index (χ4v) is 1.88. The van der Waals surface area contributed by atoms with Gasteiger partial charge in [-0.2, -0.15) is 0 Å². The summed E-state index contributed by atoms with van der Waals surface area (Å²) < 4.78 is 5.10. The zero-order valence-electron chi connectivity index (χ0n) is 10.5. The average Bonchev–Trinajstić information content (AvgIpc) is 2.47. The molecule has 0 radical (unpaired) electrons. The molecule has 0 fully saturated rings. The highest BCUT2D eigenvalue weighted by Crippen LogP contribution is 2.23. The number of nitrogens with one attached hydrogen (secondary N) is 1. The van der Waals surface area contributed by atoms with Gasteiger partial charge in [0.2, 0.25) is 5.91 Å². The summed E-state index contributed by atoms with van der Waals surface area (Å²) in [4.78, 5) is 12.0. The minimum atomic E-state index is -0.715. The largest absolute Gasteiger partial charge is 0.497 e. The molecule has 2 aromatic rings. The normalized spacial score (nSPS) is 11.7. The third-order valence-corrected chi connectivity index (χ3v) is 3.11. The number of amides is 1. The van der Waals surface area contributed by atoms with Gasteiger partial charge in [-0.25, -0.2) is 0 Å². The summed E-state index contributed by atoms with van der Waals surface area (Å²) in [5.74, 6) is 0.421. The number of rotatable bonds is 4. The Balaban J connectivity index is 2.08. The molecule has 1 N–H and O–H groups in total. The van der Waals surface area contributed by atoms with Crippen molar-refractivity contribution in [1.82, 2.24) is 0 Å². The Morgan fingerprint density at radius 2 is 1.89 bits per heavy atom. The first-order valence-corrected chi connectivity index (χ1v) is 6.28. The highest BCUT2D eigenvalue weighted by Gasteiger charge is 2.17. The zero-order chi connectivity index (χ0) is 13.7. The molecule has 0 aliphatic carbocycles. The van der Waals surface area contributed by atoms with Crippen LogP contribution in [0.2, 0.25) is 0 Å². The van der Waals surface area contributed by atoms with Gasteiger partial charge in [0.1, 0.15) is 11.1 Å². The number of benzene rings is 2. The lowest BCUT2D eigenvalue weighted by Gasteiger charge is -2.11. The standard InChI is InChI=1S/C15H14ClNO2/c1-19-13-9-5-8-12(10-13)17-15(18)14(16)11-6-3-2-4-7-11/h2-10,14H,1H3,(H,17,18)/t14-/m1/s1. The van der Waals surface area contributed by atoms with E-state index in [0.717, 1.165) is 5.56 Å². The Morgan fingerprint density at radius 1 is 1.16 bits per heavy atom. The molecule has 0 bridgehead atoms. The van der Waals surface area contributed by atoms with Gasteiger partial charge in [-0.3, -0.25) is 4.79 Å². The maximum absolute atomic E-state index is 12.0. The lowest BCUT2D eigenvalue weighted by molar-refractivity contribution is -0.116. The van der Waals surface area contributed by atoms with Crippen molar-refractivity contribution in [1.29, 1.82) is 0 Å². The number of hydrogen-bond donors (Lipinski definition) is 1. The molecular weight excluding hydrogens is 262 g/mol. The Morgan fingerprint density at radius 3 is 2.58 bits per heavy atom. The van der Waals surface area contributed by atoms with E-state index in [1.807, 2.05) is 36.4 Å². The molecule has 0 saturated carbocycles. The quantitative estimate of drug-likeness (QED) is 0.866. The highest BCUT2D eigenvalue weighted by molar-refractivity contribution is 6.32. The number of methoxy groups -OCH3 is 1. The molecule has 3 nitrogen and oxygen atoms in total. The molecule has 1 amide bonds. The number of ether oxygens (including phenoxy) is 1. The summed E-state index contributed by atoms with van der Waals surface area (Å²) in [7, 11) is 1.58. The van der Waals surface area contributed by atoms with Gasteiger partial charge < -0.3 is 10.1 Å². The van der Waals surface area contributed by atoms with Gasteiger partial charge in [-0.05, 0) is 17.7 Å². The minimum absolute atomic E-state index is 0.263. The first-order valence-electron chi connectivity index (χ1n) is 5.84. The van der Waals surface area contributed by atoms with Crippen LogP contribution in [-0.4, -0.2) is 13.0 Å². The van der Waals surface area contributed by atoms with Crippen LogP contribution in [-0.2, 0) is 4.79 Å². The van der Waals surface area contributed by atoms with Crippen molar-refractivity contribution in [3.63, 3.8) is 0 Å². The number of alkyl halides is 1. The topological polar surface area (TPSA) is 38.3 Å². The van der Waals surface area contributed by atoms with Crippen molar-refractivity contribution in [2.24, 2.45) is 0 Å². The SMILES string of the molecule is COc1cccc(NC(=O)[C@H](Cl)c2ccccc2)c1. The van der Waals surface area contributed by atoms with Gasteiger partial charge in [0.25, 0.3) is 0 Å². The molecule has 2 rings (SSSR count). The second-order valence-electron chi connectivity index (χ2n) is 3.99. The highest BCUT2D eigenvalue weighted by atomic mass is 35.5. The van der Waals surface area contributed by atoms with Crippen LogP contribution < -0.4 is 10.1 Å². The molecule has 98 valence electrons. The van der Waals surface area contributed by atoms with Crippen molar-refractivity contribution in [3.8, 4) is 5.75 Å². The van der Waals surface area contributed by atoms with Crippen LogP contribution in [0.1, 0.15) is 10.9 Å². The van der Waals surface area contributed by atoms with Crippen LogP contribution in [0.25, 0.3) is 0 Å².